The van der Waals surface area contributed by atoms with Gasteiger partial charge in [0.2, 0.25) is 11.8 Å². The summed E-state index contributed by atoms with van der Waals surface area (Å²) in [6.07, 6.45) is -3.55. The van der Waals surface area contributed by atoms with E-state index in [0.29, 0.717) is 0 Å². The number of hydrogen-bond acceptors (Lipinski definition) is 5. The molecule has 0 bridgehead atoms. The standard InChI is InChI=1S/C17H11ClF3N3O4/c1-8-22-23-14(28-8)7-24-6-12(11(16(26)27)5-15(24)25)10-4-9(17(19,20)21)2-3-13(10)18/h2-6H,7H2,1H3,(H,26,27). The number of carboxylic acids is 1. The summed E-state index contributed by atoms with van der Waals surface area (Å²) in [5.41, 5.74) is -2.53. The Morgan fingerprint density at radius 2 is 1.96 bits per heavy atom. The third kappa shape index (κ3) is 3.91. The number of alkyl halides is 3. The third-order valence-corrected chi connectivity index (χ3v) is 4.14. The summed E-state index contributed by atoms with van der Waals surface area (Å²) in [4.78, 5) is 23.8. The summed E-state index contributed by atoms with van der Waals surface area (Å²) in [5, 5.41) is 16.7. The molecule has 0 saturated carbocycles. The van der Waals surface area contributed by atoms with Gasteiger partial charge < -0.3 is 14.1 Å². The van der Waals surface area contributed by atoms with E-state index >= 15 is 0 Å². The fourth-order valence-electron chi connectivity index (χ4n) is 2.54. The lowest BCUT2D eigenvalue weighted by molar-refractivity contribution is -0.137. The van der Waals surface area contributed by atoms with Crippen molar-refractivity contribution < 1.29 is 27.5 Å². The van der Waals surface area contributed by atoms with Crippen molar-refractivity contribution in [2.24, 2.45) is 0 Å². The van der Waals surface area contributed by atoms with Crippen molar-refractivity contribution in [2.45, 2.75) is 19.6 Å². The molecule has 0 aliphatic carbocycles. The molecule has 0 saturated heterocycles. The Balaban J connectivity index is 2.20. The zero-order valence-electron chi connectivity index (χ0n) is 14.1. The lowest BCUT2D eigenvalue weighted by Gasteiger charge is -2.14. The fraction of sp³-hybridized carbons (Fsp3) is 0.176. The van der Waals surface area contributed by atoms with Crippen molar-refractivity contribution in [1.82, 2.24) is 14.8 Å². The van der Waals surface area contributed by atoms with Crippen LogP contribution in [0.1, 0.15) is 27.7 Å². The summed E-state index contributed by atoms with van der Waals surface area (Å²) in [5.74, 6) is -1.16. The number of benzene rings is 1. The Morgan fingerprint density at radius 1 is 1.25 bits per heavy atom. The highest BCUT2D eigenvalue weighted by molar-refractivity contribution is 6.33. The Hall–Kier alpha value is -3.14. The van der Waals surface area contributed by atoms with Gasteiger partial charge in [0.15, 0.2) is 0 Å². The Labute approximate surface area is 160 Å². The lowest BCUT2D eigenvalue weighted by Crippen LogP contribution is -2.22. The third-order valence-electron chi connectivity index (χ3n) is 3.81. The van der Waals surface area contributed by atoms with E-state index in [1.54, 1.807) is 6.92 Å². The molecule has 28 heavy (non-hydrogen) atoms. The molecule has 3 rings (SSSR count). The minimum absolute atomic E-state index is 0.0729. The van der Waals surface area contributed by atoms with Gasteiger partial charge in [-0.3, -0.25) is 4.79 Å². The van der Waals surface area contributed by atoms with Crippen LogP contribution in [0.15, 0.2) is 39.7 Å². The number of rotatable bonds is 4. The molecule has 0 amide bonds. The molecule has 0 unspecified atom stereocenters. The van der Waals surface area contributed by atoms with Crippen LogP contribution in [0, 0.1) is 6.92 Å². The lowest BCUT2D eigenvalue weighted by atomic mass is 9.99. The van der Waals surface area contributed by atoms with Gasteiger partial charge >= 0.3 is 12.1 Å². The van der Waals surface area contributed by atoms with Crippen molar-refractivity contribution in [3.63, 3.8) is 0 Å². The van der Waals surface area contributed by atoms with E-state index in [1.165, 1.54) is 0 Å². The van der Waals surface area contributed by atoms with Gasteiger partial charge in [-0.25, -0.2) is 4.79 Å². The number of carbonyl (C=O) groups is 1. The van der Waals surface area contributed by atoms with Crippen molar-refractivity contribution in [2.75, 3.05) is 0 Å². The number of hydrogen-bond donors (Lipinski definition) is 1. The number of halogens is 4. The van der Waals surface area contributed by atoms with Crippen molar-refractivity contribution in [3.8, 4) is 11.1 Å². The summed E-state index contributed by atoms with van der Waals surface area (Å²) < 4.78 is 45.4. The minimum atomic E-state index is -4.65. The van der Waals surface area contributed by atoms with Crippen LogP contribution in [0.4, 0.5) is 13.2 Å². The zero-order chi connectivity index (χ0) is 20.6. The topological polar surface area (TPSA) is 98.2 Å². The van der Waals surface area contributed by atoms with Crippen LogP contribution >= 0.6 is 11.6 Å². The van der Waals surface area contributed by atoms with Crippen LogP contribution in [-0.4, -0.2) is 25.8 Å². The molecule has 7 nitrogen and oxygen atoms in total. The summed E-state index contributed by atoms with van der Waals surface area (Å²) in [7, 11) is 0. The average Bonchev–Trinajstić information content (AvgIpc) is 3.00. The fourth-order valence-corrected chi connectivity index (χ4v) is 2.76. The van der Waals surface area contributed by atoms with Crippen LogP contribution in [-0.2, 0) is 12.7 Å². The maximum Gasteiger partial charge on any atom is 0.416 e. The first-order valence-electron chi connectivity index (χ1n) is 7.70. The van der Waals surface area contributed by atoms with Crippen LogP contribution in [0.3, 0.4) is 0 Å². The van der Waals surface area contributed by atoms with E-state index < -0.39 is 28.8 Å². The van der Waals surface area contributed by atoms with Gasteiger partial charge in [-0.15, -0.1) is 10.2 Å². The Bertz CT molecular complexity index is 1120. The van der Waals surface area contributed by atoms with Gasteiger partial charge in [0, 0.05) is 35.3 Å². The number of aromatic nitrogens is 3. The number of aromatic carboxylic acids is 1. The quantitative estimate of drug-likeness (QED) is 0.701. The highest BCUT2D eigenvalue weighted by Crippen LogP contribution is 2.36. The molecule has 2 aromatic heterocycles. The summed E-state index contributed by atoms with van der Waals surface area (Å²) in [6.45, 7) is 1.35. The van der Waals surface area contributed by atoms with Crippen LogP contribution in [0.25, 0.3) is 11.1 Å². The molecule has 3 aromatic rings. The largest absolute Gasteiger partial charge is 0.478 e. The van der Waals surface area contributed by atoms with Crippen molar-refractivity contribution >= 4 is 17.6 Å². The van der Waals surface area contributed by atoms with E-state index in [-0.39, 0.29) is 34.5 Å². The molecule has 0 fully saturated rings. The molecule has 0 aliphatic rings. The van der Waals surface area contributed by atoms with Gasteiger partial charge in [0.25, 0.3) is 5.56 Å². The first-order valence-corrected chi connectivity index (χ1v) is 8.08. The van der Waals surface area contributed by atoms with Crippen molar-refractivity contribution in [3.05, 3.63) is 68.7 Å². The molecule has 0 atom stereocenters. The zero-order valence-corrected chi connectivity index (χ0v) is 14.9. The van der Waals surface area contributed by atoms with E-state index in [1.807, 2.05) is 0 Å². The van der Waals surface area contributed by atoms with Crippen LogP contribution in [0.5, 0.6) is 0 Å². The predicted molar refractivity (Wildman–Crippen MR) is 91.2 cm³/mol. The van der Waals surface area contributed by atoms with E-state index in [9.17, 15) is 27.9 Å². The number of pyridine rings is 1. The smallest absolute Gasteiger partial charge is 0.416 e. The first kappa shape index (κ1) is 19.6. The molecule has 0 radical (unpaired) electrons. The second-order valence-corrected chi connectivity index (χ2v) is 6.19. The molecule has 2 heterocycles. The average molecular weight is 414 g/mol. The molecule has 0 spiro atoms. The highest BCUT2D eigenvalue weighted by atomic mass is 35.5. The monoisotopic (exact) mass is 413 g/mol. The highest BCUT2D eigenvalue weighted by Gasteiger charge is 2.31. The normalized spacial score (nSPS) is 11.6. The maximum absolute atomic E-state index is 13.1. The van der Waals surface area contributed by atoms with Crippen LogP contribution in [0.2, 0.25) is 5.02 Å². The first-order chi connectivity index (χ1) is 13.1. The maximum atomic E-state index is 13.1. The van der Waals surface area contributed by atoms with E-state index in [0.717, 1.165) is 35.0 Å². The predicted octanol–water partition coefficient (Wildman–Crippen LogP) is 3.63. The summed E-state index contributed by atoms with van der Waals surface area (Å²) >= 11 is 6.02. The summed E-state index contributed by atoms with van der Waals surface area (Å²) in [6, 6.07) is 3.33. The molecule has 0 aliphatic heterocycles. The minimum Gasteiger partial charge on any atom is -0.478 e. The van der Waals surface area contributed by atoms with Gasteiger partial charge in [0.1, 0.15) is 6.54 Å². The van der Waals surface area contributed by atoms with Gasteiger partial charge in [-0.1, -0.05) is 11.6 Å². The van der Waals surface area contributed by atoms with Gasteiger partial charge in [-0.2, -0.15) is 13.2 Å². The molecular weight excluding hydrogens is 403 g/mol. The molecule has 146 valence electrons. The second kappa shape index (κ2) is 7.12. The number of aryl methyl sites for hydroxylation is 1. The van der Waals surface area contributed by atoms with E-state index in [4.69, 9.17) is 16.0 Å². The van der Waals surface area contributed by atoms with E-state index in [2.05, 4.69) is 10.2 Å². The molecule has 11 heteroatoms. The number of carboxylic acid groups (broad SMARTS) is 1. The SMILES string of the molecule is Cc1nnc(Cn2cc(-c3cc(C(F)(F)F)ccc3Cl)c(C(=O)O)cc2=O)o1. The second-order valence-electron chi connectivity index (χ2n) is 5.78. The Kier molecular flexibility index (Phi) is 4.99. The molecule has 1 aromatic carbocycles. The molecular formula is C17H11ClF3N3O4. The van der Waals surface area contributed by atoms with Gasteiger partial charge in [0.05, 0.1) is 11.1 Å². The number of nitrogens with zero attached hydrogens (tertiary/aromatic N) is 3. The van der Waals surface area contributed by atoms with Gasteiger partial charge in [-0.05, 0) is 18.2 Å². The Morgan fingerprint density at radius 3 is 2.54 bits per heavy atom. The molecule has 1 N–H and O–H groups in total. The van der Waals surface area contributed by atoms with Crippen LogP contribution < -0.4 is 5.56 Å². The van der Waals surface area contributed by atoms with Crippen molar-refractivity contribution in [1.29, 1.82) is 0 Å².